The minimum Gasteiger partial charge on any atom is -0.447 e. The predicted octanol–water partition coefficient (Wildman–Crippen LogP) is 5.12. The van der Waals surface area contributed by atoms with Crippen LogP contribution in [0.25, 0.3) is 0 Å². The Balaban J connectivity index is 1.31. The lowest BCUT2D eigenvalue weighted by Gasteiger charge is -2.29. The maximum atomic E-state index is 13.8. The summed E-state index contributed by atoms with van der Waals surface area (Å²) in [6.07, 6.45) is 0.288. The SMILES string of the molecule is CN(C(=O)NCc1cccc(F)c1Cl)[C@@H](CC[C@@H]1COC(C)(C)O1)COC(=O)NC1=NOC(c2ccccc2)C1. The number of rotatable bonds is 9. The Morgan fingerprint density at radius 3 is 2.73 bits per heavy atom. The lowest BCUT2D eigenvalue weighted by atomic mass is 10.1. The molecule has 0 saturated carbocycles. The van der Waals surface area contributed by atoms with Gasteiger partial charge in [-0.25, -0.2) is 14.0 Å². The van der Waals surface area contributed by atoms with Crippen molar-refractivity contribution >= 4 is 29.6 Å². The van der Waals surface area contributed by atoms with Crippen molar-refractivity contribution in [1.82, 2.24) is 15.5 Å². The molecule has 0 aromatic heterocycles. The first-order chi connectivity index (χ1) is 19.1. The molecule has 3 amide bonds. The van der Waals surface area contributed by atoms with Gasteiger partial charge in [-0.15, -0.1) is 0 Å². The van der Waals surface area contributed by atoms with Gasteiger partial charge in [0.2, 0.25) is 0 Å². The Hall–Kier alpha value is -3.41. The van der Waals surface area contributed by atoms with E-state index in [1.807, 2.05) is 44.2 Å². The lowest BCUT2D eigenvalue weighted by molar-refractivity contribution is -0.139. The maximum Gasteiger partial charge on any atom is 0.412 e. The van der Waals surface area contributed by atoms with Crippen LogP contribution in [-0.4, -0.2) is 61.1 Å². The molecule has 1 fully saturated rings. The highest BCUT2D eigenvalue weighted by molar-refractivity contribution is 6.31. The van der Waals surface area contributed by atoms with E-state index in [9.17, 15) is 14.0 Å². The summed E-state index contributed by atoms with van der Waals surface area (Å²) >= 11 is 6.01. The van der Waals surface area contributed by atoms with Gasteiger partial charge in [-0.05, 0) is 43.9 Å². The van der Waals surface area contributed by atoms with E-state index in [0.29, 0.717) is 37.3 Å². The Kier molecular flexibility index (Phi) is 9.83. The van der Waals surface area contributed by atoms with Crippen LogP contribution in [-0.2, 0) is 25.6 Å². The number of nitrogens with one attached hydrogen (secondary N) is 2. The predicted molar refractivity (Wildman–Crippen MR) is 146 cm³/mol. The summed E-state index contributed by atoms with van der Waals surface area (Å²) in [5.74, 6) is -0.883. The molecule has 40 heavy (non-hydrogen) atoms. The van der Waals surface area contributed by atoms with E-state index >= 15 is 0 Å². The number of amides is 3. The highest BCUT2D eigenvalue weighted by Crippen LogP contribution is 2.27. The Bertz CT molecular complexity index is 1210. The minimum atomic E-state index is -0.706. The van der Waals surface area contributed by atoms with Crippen LogP contribution in [0.15, 0.2) is 53.7 Å². The number of hydrogen-bond donors (Lipinski definition) is 2. The first-order valence-corrected chi connectivity index (χ1v) is 13.5. The number of carbonyl (C=O) groups excluding carboxylic acids is 2. The number of alkyl carbamates (subject to hydrolysis) is 1. The van der Waals surface area contributed by atoms with Crippen molar-refractivity contribution in [3.8, 4) is 0 Å². The molecule has 0 bridgehead atoms. The number of carbonyl (C=O) groups is 2. The van der Waals surface area contributed by atoms with Crippen LogP contribution in [0.4, 0.5) is 14.0 Å². The standard InChI is InChI=1S/C28H34ClFN4O6/c1-28(2)38-17-21(39-28)13-12-20(34(3)26(35)31-15-19-10-7-11-22(30)25(19)29)16-37-27(36)32-24-14-23(40-33-24)18-8-5-4-6-9-18/h4-11,20-21,23H,12-17H2,1-3H3,(H,31,35)(H,32,33,36)/t20-,21+,23?/m0/s1. The van der Waals surface area contributed by atoms with Crippen LogP contribution in [0.1, 0.15) is 50.3 Å². The van der Waals surface area contributed by atoms with Gasteiger partial charge in [0, 0.05) is 13.6 Å². The first-order valence-electron chi connectivity index (χ1n) is 13.1. The number of benzene rings is 2. The largest absolute Gasteiger partial charge is 0.447 e. The van der Waals surface area contributed by atoms with Crippen molar-refractivity contribution in [2.24, 2.45) is 5.16 Å². The molecule has 3 atom stereocenters. The molecule has 0 aliphatic carbocycles. The number of nitrogens with zero attached hydrogens (tertiary/aromatic N) is 2. The average molecular weight is 577 g/mol. The molecular weight excluding hydrogens is 543 g/mol. The van der Waals surface area contributed by atoms with E-state index in [0.717, 1.165) is 5.56 Å². The lowest BCUT2D eigenvalue weighted by Crippen LogP contribution is -2.46. The van der Waals surface area contributed by atoms with Gasteiger partial charge in [0.15, 0.2) is 17.7 Å². The van der Waals surface area contributed by atoms with E-state index < -0.39 is 29.8 Å². The fourth-order valence-electron chi connectivity index (χ4n) is 4.44. The molecule has 10 nitrogen and oxygen atoms in total. The van der Waals surface area contributed by atoms with Gasteiger partial charge in [0.05, 0.1) is 30.2 Å². The van der Waals surface area contributed by atoms with Crippen LogP contribution in [0, 0.1) is 5.82 Å². The Morgan fingerprint density at radius 2 is 2.00 bits per heavy atom. The van der Waals surface area contributed by atoms with Crippen molar-refractivity contribution < 1.29 is 33.0 Å². The molecule has 0 spiro atoms. The topological polar surface area (TPSA) is 111 Å². The van der Waals surface area contributed by atoms with Gasteiger partial charge in [-0.2, -0.15) is 0 Å². The summed E-state index contributed by atoms with van der Waals surface area (Å²) in [6, 6.07) is 13.1. The zero-order valence-electron chi connectivity index (χ0n) is 22.7. The number of hydrogen-bond acceptors (Lipinski definition) is 7. The van der Waals surface area contributed by atoms with E-state index in [1.165, 1.54) is 17.0 Å². The fraction of sp³-hybridized carbons (Fsp3) is 0.464. The minimum absolute atomic E-state index is 0.0317. The van der Waals surface area contributed by atoms with Crippen molar-refractivity contribution in [1.29, 1.82) is 0 Å². The third-order valence-electron chi connectivity index (χ3n) is 6.71. The highest BCUT2D eigenvalue weighted by Gasteiger charge is 2.34. The number of halogens is 2. The molecule has 0 radical (unpaired) electrons. The zero-order chi connectivity index (χ0) is 28.7. The molecular formula is C28H34ClFN4O6. The average Bonchev–Trinajstić information content (AvgIpc) is 3.55. The molecule has 2 aliphatic rings. The molecule has 1 saturated heterocycles. The van der Waals surface area contributed by atoms with E-state index in [2.05, 4.69) is 15.8 Å². The van der Waals surface area contributed by atoms with Crippen LogP contribution < -0.4 is 10.6 Å². The van der Waals surface area contributed by atoms with Gasteiger partial charge >= 0.3 is 12.1 Å². The number of likely N-dealkylation sites (N-methyl/N-ethyl adjacent to an activating group) is 1. The number of amidine groups is 1. The van der Waals surface area contributed by atoms with Crippen LogP contribution in [0.3, 0.4) is 0 Å². The number of ether oxygens (including phenoxy) is 3. The van der Waals surface area contributed by atoms with Gasteiger partial charge < -0.3 is 29.3 Å². The summed E-state index contributed by atoms with van der Waals surface area (Å²) in [6.45, 7) is 4.06. The van der Waals surface area contributed by atoms with E-state index in [1.54, 1.807) is 13.1 Å². The molecule has 2 N–H and O–H groups in total. The fourth-order valence-corrected chi connectivity index (χ4v) is 4.63. The monoisotopic (exact) mass is 576 g/mol. The summed E-state index contributed by atoms with van der Waals surface area (Å²) in [5, 5.41) is 9.27. The van der Waals surface area contributed by atoms with Crippen molar-refractivity contribution in [2.45, 2.75) is 63.7 Å². The first kappa shape index (κ1) is 29.6. The highest BCUT2D eigenvalue weighted by atomic mass is 35.5. The normalized spacial score (nSPS) is 20.3. The van der Waals surface area contributed by atoms with E-state index in [-0.39, 0.29) is 30.4 Å². The van der Waals surface area contributed by atoms with Crippen molar-refractivity contribution in [2.75, 3.05) is 20.3 Å². The van der Waals surface area contributed by atoms with Crippen LogP contribution >= 0.6 is 11.6 Å². The molecule has 2 aromatic carbocycles. The second-order valence-corrected chi connectivity index (χ2v) is 10.5. The van der Waals surface area contributed by atoms with Gasteiger partial charge in [0.1, 0.15) is 12.4 Å². The molecule has 1 unspecified atom stereocenters. The molecule has 2 aliphatic heterocycles. The van der Waals surface area contributed by atoms with Gasteiger partial charge in [0.25, 0.3) is 0 Å². The van der Waals surface area contributed by atoms with Crippen LogP contribution in [0.5, 0.6) is 0 Å². The second-order valence-electron chi connectivity index (χ2n) is 10.1. The third kappa shape index (κ3) is 8.06. The Labute approximate surface area is 237 Å². The number of urea groups is 1. The smallest absolute Gasteiger partial charge is 0.412 e. The van der Waals surface area contributed by atoms with Gasteiger partial charge in [-0.3, -0.25) is 5.32 Å². The third-order valence-corrected chi connectivity index (χ3v) is 7.14. The number of oxime groups is 1. The maximum absolute atomic E-state index is 13.8. The molecule has 2 aromatic rings. The molecule has 12 heteroatoms. The van der Waals surface area contributed by atoms with E-state index in [4.69, 9.17) is 30.6 Å². The zero-order valence-corrected chi connectivity index (χ0v) is 23.4. The second kappa shape index (κ2) is 13.3. The summed E-state index contributed by atoms with van der Waals surface area (Å²) in [5.41, 5.74) is 1.40. The van der Waals surface area contributed by atoms with Crippen molar-refractivity contribution in [3.63, 3.8) is 0 Å². The molecule has 4 rings (SSSR count). The molecule has 216 valence electrons. The Morgan fingerprint density at radius 1 is 1.23 bits per heavy atom. The van der Waals surface area contributed by atoms with Crippen LogP contribution in [0.2, 0.25) is 5.02 Å². The van der Waals surface area contributed by atoms with Gasteiger partial charge in [-0.1, -0.05) is 59.2 Å². The van der Waals surface area contributed by atoms with Crippen molar-refractivity contribution in [3.05, 3.63) is 70.5 Å². The molecule has 2 heterocycles. The quantitative estimate of drug-likeness (QED) is 0.429. The summed E-state index contributed by atoms with van der Waals surface area (Å²) in [7, 11) is 1.60. The summed E-state index contributed by atoms with van der Waals surface area (Å²) in [4.78, 5) is 32.4. The summed E-state index contributed by atoms with van der Waals surface area (Å²) < 4.78 is 30.8.